The monoisotopic (exact) mass is 332 g/mol. The second-order valence-electron chi connectivity index (χ2n) is 7.09. The molecule has 1 aromatic rings. The van der Waals surface area contributed by atoms with Crippen LogP contribution in [0.5, 0.6) is 0 Å². The number of rotatable bonds is 5. The number of hydrogen-bond donors (Lipinski definition) is 3. The molecule has 0 atom stereocenters. The zero-order valence-corrected chi connectivity index (χ0v) is 14.8. The van der Waals surface area contributed by atoms with E-state index >= 15 is 0 Å². The van der Waals surface area contributed by atoms with Crippen LogP contribution in [-0.4, -0.2) is 41.9 Å². The van der Waals surface area contributed by atoms with Gasteiger partial charge in [0.15, 0.2) is 0 Å². The Morgan fingerprint density at radius 2 is 1.83 bits per heavy atom. The Kier molecular flexibility index (Phi) is 5.96. The fourth-order valence-corrected chi connectivity index (χ4v) is 2.64. The molecule has 0 bridgehead atoms. The Bertz CT molecular complexity index is 602. The minimum absolute atomic E-state index is 0.0253. The predicted octanol–water partition coefficient (Wildman–Crippen LogP) is 2.10. The van der Waals surface area contributed by atoms with Crippen LogP contribution in [0, 0.1) is 6.92 Å². The molecular weight excluding hydrogens is 304 g/mol. The van der Waals surface area contributed by atoms with E-state index in [1.807, 2.05) is 13.0 Å². The van der Waals surface area contributed by atoms with Crippen molar-refractivity contribution < 1.29 is 9.59 Å². The van der Waals surface area contributed by atoms with Crippen molar-refractivity contribution in [3.63, 3.8) is 0 Å². The summed E-state index contributed by atoms with van der Waals surface area (Å²) in [6, 6.07) is 5.45. The van der Waals surface area contributed by atoms with Crippen LogP contribution in [-0.2, 0) is 9.59 Å². The molecule has 1 heterocycles. The Hall–Kier alpha value is -1.92. The number of nitrogens with two attached hydrogens (primary N) is 1. The van der Waals surface area contributed by atoms with E-state index in [0.29, 0.717) is 17.9 Å². The van der Waals surface area contributed by atoms with E-state index in [4.69, 9.17) is 5.73 Å². The number of nitrogens with zero attached hydrogens (tertiary/aromatic N) is 1. The summed E-state index contributed by atoms with van der Waals surface area (Å²) in [5, 5.41) is 5.73. The van der Waals surface area contributed by atoms with Gasteiger partial charge in [-0.15, -0.1) is 0 Å². The van der Waals surface area contributed by atoms with Crippen LogP contribution in [0.4, 0.5) is 11.4 Å². The van der Waals surface area contributed by atoms with Crippen LogP contribution in [0.2, 0.25) is 0 Å². The fourth-order valence-electron chi connectivity index (χ4n) is 2.64. The van der Waals surface area contributed by atoms with Crippen LogP contribution >= 0.6 is 0 Å². The molecule has 1 aliphatic heterocycles. The third kappa shape index (κ3) is 5.32. The molecule has 1 aliphatic rings. The normalized spacial score (nSPS) is 15.8. The molecule has 0 radical (unpaired) electrons. The van der Waals surface area contributed by atoms with Gasteiger partial charge in [-0.3, -0.25) is 14.5 Å². The molecule has 0 aromatic heterocycles. The first-order valence-electron chi connectivity index (χ1n) is 8.49. The maximum Gasteiger partial charge on any atom is 0.243 e. The average molecular weight is 332 g/mol. The van der Waals surface area contributed by atoms with Crippen molar-refractivity contribution in [2.45, 2.75) is 45.6 Å². The quantitative estimate of drug-likeness (QED) is 0.770. The molecule has 24 heavy (non-hydrogen) atoms. The van der Waals surface area contributed by atoms with Gasteiger partial charge in [0.1, 0.15) is 0 Å². The molecule has 132 valence electrons. The van der Waals surface area contributed by atoms with Gasteiger partial charge < -0.3 is 16.4 Å². The highest BCUT2D eigenvalue weighted by Crippen LogP contribution is 2.21. The number of piperidine rings is 1. The van der Waals surface area contributed by atoms with E-state index in [0.717, 1.165) is 31.5 Å². The van der Waals surface area contributed by atoms with Crippen molar-refractivity contribution in [1.29, 1.82) is 0 Å². The maximum atomic E-state index is 12.3. The Morgan fingerprint density at radius 1 is 1.17 bits per heavy atom. The first-order valence-corrected chi connectivity index (χ1v) is 8.49. The lowest BCUT2D eigenvalue weighted by Gasteiger charge is -2.25. The van der Waals surface area contributed by atoms with Crippen LogP contribution in [0.15, 0.2) is 18.2 Å². The maximum absolute atomic E-state index is 12.3. The largest absolute Gasteiger partial charge is 0.325 e. The minimum atomic E-state index is -0.956. The molecule has 2 rings (SSSR count). The molecule has 1 fully saturated rings. The number of amides is 2. The summed E-state index contributed by atoms with van der Waals surface area (Å²) < 4.78 is 0. The molecule has 6 heteroatoms. The number of nitrogens with one attached hydrogen (secondary N) is 2. The highest BCUT2D eigenvalue weighted by molar-refractivity contribution is 5.99. The Morgan fingerprint density at radius 3 is 2.46 bits per heavy atom. The van der Waals surface area contributed by atoms with Gasteiger partial charge in [-0.2, -0.15) is 0 Å². The SMILES string of the molecule is Cc1ccc(NC(=O)C(C)(C)N)cc1NC(=O)CN1CCCCC1. The number of aryl methyl sites for hydroxylation is 1. The number of carbonyl (C=O) groups excluding carboxylic acids is 2. The molecule has 4 N–H and O–H groups in total. The zero-order valence-electron chi connectivity index (χ0n) is 14.8. The number of anilines is 2. The smallest absolute Gasteiger partial charge is 0.243 e. The van der Waals surface area contributed by atoms with Crippen molar-refractivity contribution >= 4 is 23.2 Å². The minimum Gasteiger partial charge on any atom is -0.325 e. The Labute approximate surface area is 143 Å². The molecule has 6 nitrogen and oxygen atoms in total. The molecule has 0 unspecified atom stereocenters. The van der Waals surface area contributed by atoms with E-state index in [1.165, 1.54) is 6.42 Å². The first kappa shape index (κ1) is 18.4. The van der Waals surface area contributed by atoms with Crippen LogP contribution < -0.4 is 16.4 Å². The molecule has 0 aliphatic carbocycles. The highest BCUT2D eigenvalue weighted by atomic mass is 16.2. The lowest BCUT2D eigenvalue weighted by atomic mass is 10.1. The van der Waals surface area contributed by atoms with Gasteiger partial charge in [0.05, 0.1) is 12.1 Å². The van der Waals surface area contributed by atoms with Crippen molar-refractivity contribution in [1.82, 2.24) is 4.90 Å². The topological polar surface area (TPSA) is 87.5 Å². The van der Waals surface area contributed by atoms with Crippen molar-refractivity contribution in [2.24, 2.45) is 5.73 Å². The van der Waals surface area contributed by atoms with Gasteiger partial charge in [0.2, 0.25) is 11.8 Å². The highest BCUT2D eigenvalue weighted by Gasteiger charge is 2.22. The van der Waals surface area contributed by atoms with Gasteiger partial charge in [-0.05, 0) is 64.4 Å². The van der Waals surface area contributed by atoms with Gasteiger partial charge in [-0.1, -0.05) is 12.5 Å². The van der Waals surface area contributed by atoms with Gasteiger partial charge in [0, 0.05) is 11.4 Å². The summed E-state index contributed by atoms with van der Waals surface area (Å²) in [6.45, 7) is 7.60. The lowest BCUT2D eigenvalue weighted by molar-refractivity contribution is -0.120. The summed E-state index contributed by atoms with van der Waals surface area (Å²) >= 11 is 0. The first-order chi connectivity index (χ1) is 11.3. The van der Waals surface area contributed by atoms with Crippen LogP contribution in [0.1, 0.15) is 38.7 Å². The van der Waals surface area contributed by atoms with E-state index in [1.54, 1.807) is 26.0 Å². The van der Waals surface area contributed by atoms with Crippen molar-refractivity contribution in [3.8, 4) is 0 Å². The zero-order chi connectivity index (χ0) is 17.7. The molecule has 1 aromatic carbocycles. The standard InChI is InChI=1S/C18H28N4O2/c1-13-7-8-14(20-17(24)18(2,3)19)11-15(13)21-16(23)12-22-9-5-4-6-10-22/h7-8,11H,4-6,9-10,12,19H2,1-3H3,(H,20,24)(H,21,23). The van der Waals surface area contributed by atoms with Crippen molar-refractivity contribution in [3.05, 3.63) is 23.8 Å². The van der Waals surface area contributed by atoms with Gasteiger partial charge in [-0.25, -0.2) is 0 Å². The van der Waals surface area contributed by atoms with Crippen molar-refractivity contribution in [2.75, 3.05) is 30.3 Å². The summed E-state index contributed by atoms with van der Waals surface area (Å²) in [7, 11) is 0. The number of likely N-dealkylation sites (tertiary alicyclic amines) is 1. The fraction of sp³-hybridized carbons (Fsp3) is 0.556. The molecule has 0 spiro atoms. The Balaban J connectivity index is 2.00. The van der Waals surface area contributed by atoms with E-state index < -0.39 is 5.54 Å². The third-order valence-corrected chi connectivity index (χ3v) is 4.17. The van der Waals surface area contributed by atoms with Gasteiger partial charge in [0.25, 0.3) is 0 Å². The number of hydrogen-bond acceptors (Lipinski definition) is 4. The average Bonchev–Trinajstić information content (AvgIpc) is 2.50. The molecule has 1 saturated heterocycles. The van der Waals surface area contributed by atoms with E-state index in [-0.39, 0.29) is 11.8 Å². The molecular formula is C18H28N4O2. The summed E-state index contributed by atoms with van der Waals surface area (Å²) in [5.74, 6) is -0.292. The summed E-state index contributed by atoms with van der Waals surface area (Å²) in [5.41, 5.74) is 7.12. The van der Waals surface area contributed by atoms with Crippen LogP contribution in [0.25, 0.3) is 0 Å². The predicted molar refractivity (Wildman–Crippen MR) is 97.0 cm³/mol. The third-order valence-electron chi connectivity index (χ3n) is 4.17. The number of carbonyl (C=O) groups is 2. The van der Waals surface area contributed by atoms with E-state index in [2.05, 4.69) is 15.5 Å². The summed E-state index contributed by atoms with van der Waals surface area (Å²) in [4.78, 5) is 26.4. The second kappa shape index (κ2) is 7.77. The lowest BCUT2D eigenvalue weighted by Crippen LogP contribution is -2.45. The molecule has 2 amide bonds. The number of benzene rings is 1. The van der Waals surface area contributed by atoms with Gasteiger partial charge >= 0.3 is 0 Å². The second-order valence-corrected chi connectivity index (χ2v) is 7.09. The molecule has 0 saturated carbocycles. The van der Waals surface area contributed by atoms with Crippen LogP contribution in [0.3, 0.4) is 0 Å². The van der Waals surface area contributed by atoms with E-state index in [9.17, 15) is 9.59 Å². The summed E-state index contributed by atoms with van der Waals surface area (Å²) in [6.07, 6.45) is 3.56.